The standard InChI is InChI=1S/C14H17IN2O3S/c1-3-10(7-20-2)17-12-5-4-9(15)6-11(12)16-14(17)21-8-13(18)19/h4-6,10H,3,7-8H2,1-2H3,(H,18,19). The summed E-state index contributed by atoms with van der Waals surface area (Å²) in [6, 6.07) is 6.23. The van der Waals surface area contributed by atoms with Gasteiger partial charge in [-0.15, -0.1) is 0 Å². The molecule has 1 N–H and O–H groups in total. The Bertz CT molecular complexity index is 644. The van der Waals surface area contributed by atoms with Crippen LogP contribution in [0.5, 0.6) is 0 Å². The zero-order chi connectivity index (χ0) is 15.4. The predicted molar refractivity (Wildman–Crippen MR) is 92.0 cm³/mol. The molecule has 1 atom stereocenters. The largest absolute Gasteiger partial charge is 0.481 e. The Morgan fingerprint density at radius 1 is 1.57 bits per heavy atom. The molecular formula is C14H17IN2O3S. The minimum absolute atomic E-state index is 0.00380. The average molecular weight is 420 g/mol. The van der Waals surface area contributed by atoms with E-state index in [1.54, 1.807) is 7.11 Å². The van der Waals surface area contributed by atoms with Crippen LogP contribution in [0.3, 0.4) is 0 Å². The average Bonchev–Trinajstić information content (AvgIpc) is 2.79. The molecule has 0 spiro atoms. The monoisotopic (exact) mass is 420 g/mol. The first-order valence-electron chi connectivity index (χ1n) is 6.57. The number of aromatic nitrogens is 2. The molecule has 1 unspecified atom stereocenters. The molecule has 1 aromatic heterocycles. The maximum atomic E-state index is 10.8. The van der Waals surface area contributed by atoms with E-state index in [9.17, 15) is 4.79 Å². The third-order valence-corrected chi connectivity index (χ3v) is 4.75. The van der Waals surface area contributed by atoms with E-state index in [1.807, 2.05) is 18.2 Å². The zero-order valence-electron chi connectivity index (χ0n) is 11.9. The number of rotatable bonds is 7. The van der Waals surface area contributed by atoms with Crippen molar-refractivity contribution in [2.75, 3.05) is 19.5 Å². The third-order valence-electron chi connectivity index (χ3n) is 3.14. The van der Waals surface area contributed by atoms with Crippen molar-refractivity contribution in [2.24, 2.45) is 0 Å². The number of methoxy groups -OCH3 is 1. The van der Waals surface area contributed by atoms with Crippen molar-refractivity contribution in [3.05, 3.63) is 21.8 Å². The lowest BCUT2D eigenvalue weighted by atomic mass is 10.2. The number of carboxylic acids is 1. The van der Waals surface area contributed by atoms with Gasteiger partial charge >= 0.3 is 5.97 Å². The van der Waals surface area contributed by atoms with Crippen molar-refractivity contribution >= 4 is 51.4 Å². The van der Waals surface area contributed by atoms with Crippen molar-refractivity contribution in [1.82, 2.24) is 9.55 Å². The molecule has 0 aliphatic carbocycles. The van der Waals surface area contributed by atoms with Crippen LogP contribution in [0, 0.1) is 3.57 Å². The molecule has 0 fully saturated rings. The van der Waals surface area contributed by atoms with Crippen LogP contribution in [0.1, 0.15) is 19.4 Å². The fourth-order valence-electron chi connectivity index (χ4n) is 2.20. The van der Waals surface area contributed by atoms with Crippen LogP contribution in [0.4, 0.5) is 0 Å². The minimum atomic E-state index is -0.840. The lowest BCUT2D eigenvalue weighted by molar-refractivity contribution is -0.133. The van der Waals surface area contributed by atoms with E-state index in [-0.39, 0.29) is 11.8 Å². The maximum Gasteiger partial charge on any atom is 0.313 e. The molecule has 21 heavy (non-hydrogen) atoms. The zero-order valence-corrected chi connectivity index (χ0v) is 14.8. The lowest BCUT2D eigenvalue weighted by Crippen LogP contribution is -2.15. The fourth-order valence-corrected chi connectivity index (χ4v) is 3.47. The van der Waals surface area contributed by atoms with E-state index in [2.05, 4.69) is 39.1 Å². The molecule has 0 radical (unpaired) electrons. The normalized spacial score (nSPS) is 12.7. The van der Waals surface area contributed by atoms with E-state index >= 15 is 0 Å². The smallest absolute Gasteiger partial charge is 0.313 e. The van der Waals surface area contributed by atoms with Crippen LogP contribution >= 0.6 is 34.4 Å². The second kappa shape index (κ2) is 7.46. The number of halogens is 1. The Balaban J connectivity index is 2.50. The van der Waals surface area contributed by atoms with E-state index in [0.717, 1.165) is 26.2 Å². The van der Waals surface area contributed by atoms with Crippen LogP contribution in [-0.4, -0.2) is 40.1 Å². The van der Waals surface area contributed by atoms with E-state index < -0.39 is 5.97 Å². The first-order chi connectivity index (χ1) is 10.1. The highest BCUT2D eigenvalue weighted by Crippen LogP contribution is 2.30. The summed E-state index contributed by atoms with van der Waals surface area (Å²) >= 11 is 3.50. The molecule has 114 valence electrons. The first-order valence-corrected chi connectivity index (χ1v) is 8.64. The van der Waals surface area contributed by atoms with Crippen LogP contribution in [0.25, 0.3) is 11.0 Å². The van der Waals surface area contributed by atoms with Crippen LogP contribution in [-0.2, 0) is 9.53 Å². The summed E-state index contributed by atoms with van der Waals surface area (Å²) < 4.78 is 8.51. The number of hydrogen-bond donors (Lipinski definition) is 1. The van der Waals surface area contributed by atoms with Gasteiger partial charge in [0.1, 0.15) is 0 Å². The highest BCUT2D eigenvalue weighted by molar-refractivity contribution is 14.1. The molecule has 0 aliphatic rings. The van der Waals surface area contributed by atoms with Gasteiger partial charge in [-0.25, -0.2) is 4.98 Å². The molecule has 2 aromatic rings. The van der Waals surface area contributed by atoms with Crippen molar-refractivity contribution in [1.29, 1.82) is 0 Å². The molecule has 0 amide bonds. The number of aliphatic carboxylic acids is 1. The van der Waals surface area contributed by atoms with Gasteiger partial charge < -0.3 is 14.4 Å². The SMILES string of the molecule is CCC(COC)n1c(SCC(=O)O)nc2cc(I)ccc21. The number of ether oxygens (including phenoxy) is 1. The van der Waals surface area contributed by atoms with Gasteiger partial charge in [0.15, 0.2) is 5.16 Å². The van der Waals surface area contributed by atoms with E-state index in [4.69, 9.17) is 9.84 Å². The number of hydrogen-bond acceptors (Lipinski definition) is 4. The minimum Gasteiger partial charge on any atom is -0.481 e. The maximum absolute atomic E-state index is 10.8. The van der Waals surface area contributed by atoms with Gasteiger partial charge in [0.25, 0.3) is 0 Å². The van der Waals surface area contributed by atoms with Crippen molar-refractivity contribution < 1.29 is 14.6 Å². The summed E-state index contributed by atoms with van der Waals surface area (Å²) in [6.07, 6.45) is 0.895. The molecule has 0 bridgehead atoms. The number of imidazole rings is 1. The summed E-state index contributed by atoms with van der Waals surface area (Å²) in [5, 5.41) is 9.63. The molecular weight excluding hydrogens is 403 g/mol. The molecule has 7 heteroatoms. The Labute approximate surface area is 141 Å². The second-order valence-electron chi connectivity index (χ2n) is 4.60. The fraction of sp³-hybridized carbons (Fsp3) is 0.429. The number of carboxylic acid groups (broad SMARTS) is 1. The summed E-state index contributed by atoms with van der Waals surface area (Å²) in [4.78, 5) is 15.4. The molecule has 0 saturated carbocycles. The van der Waals surface area contributed by atoms with E-state index in [0.29, 0.717) is 6.61 Å². The topological polar surface area (TPSA) is 64.3 Å². The number of fused-ring (bicyclic) bond motifs is 1. The lowest BCUT2D eigenvalue weighted by Gasteiger charge is -2.19. The quantitative estimate of drug-likeness (QED) is 0.550. The van der Waals surface area contributed by atoms with Gasteiger partial charge in [-0.05, 0) is 47.2 Å². The van der Waals surface area contributed by atoms with E-state index in [1.165, 1.54) is 11.8 Å². The number of benzene rings is 1. The second-order valence-corrected chi connectivity index (χ2v) is 6.79. The van der Waals surface area contributed by atoms with Gasteiger partial charge in [-0.3, -0.25) is 4.79 Å². The van der Waals surface area contributed by atoms with Gasteiger partial charge in [-0.2, -0.15) is 0 Å². The van der Waals surface area contributed by atoms with Gasteiger partial charge in [0, 0.05) is 10.7 Å². The van der Waals surface area contributed by atoms with Crippen molar-refractivity contribution in [3.63, 3.8) is 0 Å². The van der Waals surface area contributed by atoms with Crippen LogP contribution in [0.2, 0.25) is 0 Å². The summed E-state index contributed by atoms with van der Waals surface area (Å²) in [5.41, 5.74) is 1.91. The Hall–Kier alpha value is -0.800. The van der Waals surface area contributed by atoms with Crippen molar-refractivity contribution in [3.8, 4) is 0 Å². The molecule has 1 heterocycles. The third kappa shape index (κ3) is 3.89. The first kappa shape index (κ1) is 16.6. The Morgan fingerprint density at radius 3 is 2.95 bits per heavy atom. The highest BCUT2D eigenvalue weighted by Gasteiger charge is 2.19. The van der Waals surface area contributed by atoms with Crippen LogP contribution < -0.4 is 0 Å². The molecule has 5 nitrogen and oxygen atoms in total. The summed E-state index contributed by atoms with van der Waals surface area (Å²) in [7, 11) is 1.68. The highest BCUT2D eigenvalue weighted by atomic mass is 127. The van der Waals surface area contributed by atoms with Crippen LogP contribution in [0.15, 0.2) is 23.4 Å². The van der Waals surface area contributed by atoms with Gasteiger partial charge in [0.2, 0.25) is 0 Å². The molecule has 0 saturated heterocycles. The van der Waals surface area contributed by atoms with Gasteiger partial charge in [-0.1, -0.05) is 18.7 Å². The Morgan fingerprint density at radius 2 is 2.33 bits per heavy atom. The summed E-state index contributed by atoms with van der Waals surface area (Å²) in [5.74, 6) is -0.836. The Kier molecular flexibility index (Phi) is 5.88. The predicted octanol–water partition coefficient (Wildman–Crippen LogP) is 3.42. The molecule has 0 aliphatic heterocycles. The molecule has 1 aromatic carbocycles. The van der Waals surface area contributed by atoms with Crippen molar-refractivity contribution in [2.45, 2.75) is 24.5 Å². The molecule has 2 rings (SSSR count). The summed E-state index contributed by atoms with van der Waals surface area (Å²) in [6.45, 7) is 2.67. The van der Waals surface area contributed by atoms with Gasteiger partial charge in [0.05, 0.1) is 29.4 Å². The number of thioether (sulfide) groups is 1. The number of carbonyl (C=O) groups is 1. The number of nitrogens with zero attached hydrogens (tertiary/aromatic N) is 2.